The summed E-state index contributed by atoms with van der Waals surface area (Å²) in [4.78, 5) is 10.5. The minimum atomic E-state index is -1.46. The molecule has 0 aliphatic carbocycles. The van der Waals surface area contributed by atoms with Crippen LogP contribution in [0.3, 0.4) is 0 Å². The average molecular weight is 451 g/mol. The molecule has 0 bridgehead atoms. The predicted molar refractivity (Wildman–Crippen MR) is 96.6 cm³/mol. The lowest BCUT2D eigenvalue weighted by Gasteiger charge is -2.36. The number of ether oxygens (including phenoxy) is 2. The summed E-state index contributed by atoms with van der Waals surface area (Å²) in [6.07, 6.45) is 1.91. The van der Waals surface area contributed by atoms with Crippen molar-refractivity contribution in [3.05, 3.63) is 15.3 Å². The fourth-order valence-electron chi connectivity index (χ4n) is 3.27. The lowest BCUT2D eigenvalue weighted by Crippen LogP contribution is -2.49. The van der Waals surface area contributed by atoms with Crippen LogP contribution in [-0.4, -0.2) is 53.2 Å². The van der Waals surface area contributed by atoms with Gasteiger partial charge in [-0.1, -0.05) is 11.6 Å². The normalized spacial score (nSPS) is 23.8. The van der Waals surface area contributed by atoms with Gasteiger partial charge >= 0.3 is 5.16 Å². The molecular formula is C15H14BrClFN3O3S. The lowest BCUT2D eigenvalue weighted by atomic mass is 10.0. The summed E-state index contributed by atoms with van der Waals surface area (Å²) in [5.41, 5.74) is 0.0351. The molecule has 25 heavy (non-hydrogen) atoms. The molecule has 10 heteroatoms. The van der Waals surface area contributed by atoms with E-state index < -0.39 is 17.0 Å². The molecule has 2 aliphatic heterocycles. The Morgan fingerprint density at radius 2 is 2.20 bits per heavy atom. The molecule has 4 rings (SSSR count). The Bertz CT molecular complexity index is 872. The molecule has 3 heterocycles. The van der Waals surface area contributed by atoms with Gasteiger partial charge in [-0.05, 0) is 22.4 Å². The number of fused-ring (bicyclic) bond motifs is 1. The van der Waals surface area contributed by atoms with Gasteiger partial charge in [-0.15, -0.1) is 0 Å². The van der Waals surface area contributed by atoms with Crippen molar-refractivity contribution >= 4 is 55.4 Å². The van der Waals surface area contributed by atoms with Crippen LogP contribution >= 0.6 is 27.5 Å². The summed E-state index contributed by atoms with van der Waals surface area (Å²) >= 11 is 8.05. The maximum absolute atomic E-state index is 14.8. The first kappa shape index (κ1) is 17.5. The van der Waals surface area contributed by atoms with Gasteiger partial charge in [0.1, 0.15) is 28.7 Å². The Labute approximate surface area is 160 Å². The van der Waals surface area contributed by atoms with E-state index in [0.717, 1.165) is 6.42 Å². The Morgan fingerprint density at radius 1 is 1.44 bits per heavy atom. The molecule has 6 nitrogen and oxygen atoms in total. The van der Waals surface area contributed by atoms with Crippen LogP contribution in [-0.2, 0) is 15.9 Å². The molecule has 0 amide bonds. The van der Waals surface area contributed by atoms with Gasteiger partial charge in [0, 0.05) is 24.8 Å². The van der Waals surface area contributed by atoms with Crippen molar-refractivity contribution in [2.24, 2.45) is 0 Å². The molecule has 0 spiro atoms. The van der Waals surface area contributed by atoms with Gasteiger partial charge in [-0.25, -0.2) is 4.39 Å². The van der Waals surface area contributed by atoms with E-state index in [1.54, 1.807) is 0 Å². The Morgan fingerprint density at radius 3 is 2.92 bits per heavy atom. The van der Waals surface area contributed by atoms with E-state index in [1.165, 1.54) is 6.26 Å². The number of rotatable bonds is 1. The molecule has 1 fully saturated rings. The largest absolute Gasteiger partial charge is 0.609 e. The third-order valence-corrected chi connectivity index (χ3v) is 6.55. The molecule has 2 aliphatic rings. The zero-order valence-corrected chi connectivity index (χ0v) is 16.5. The van der Waals surface area contributed by atoms with Crippen molar-refractivity contribution in [2.45, 2.75) is 23.7 Å². The Hall–Kier alpha value is -0.870. The highest BCUT2D eigenvalue weighted by molar-refractivity contribution is 9.10. The number of hydrogen-bond acceptors (Lipinski definition) is 6. The van der Waals surface area contributed by atoms with Crippen molar-refractivity contribution in [3.8, 4) is 5.75 Å². The second-order valence-corrected chi connectivity index (χ2v) is 8.42. The quantitative estimate of drug-likeness (QED) is 0.378. The van der Waals surface area contributed by atoms with Crippen LogP contribution in [0.15, 0.2) is 9.63 Å². The van der Waals surface area contributed by atoms with E-state index in [-0.39, 0.29) is 32.3 Å². The van der Waals surface area contributed by atoms with Crippen LogP contribution < -0.4 is 9.64 Å². The molecule has 0 radical (unpaired) electrons. The van der Waals surface area contributed by atoms with Crippen molar-refractivity contribution in [1.82, 2.24) is 9.97 Å². The molecule has 3 atom stereocenters. The number of benzene rings is 1. The van der Waals surface area contributed by atoms with Gasteiger partial charge < -0.3 is 18.9 Å². The fraction of sp³-hybridized carbons (Fsp3) is 0.467. The molecule has 1 saturated heterocycles. The summed E-state index contributed by atoms with van der Waals surface area (Å²) < 4.78 is 38.5. The Balaban J connectivity index is 2.08. The minimum absolute atomic E-state index is 0.0182. The highest BCUT2D eigenvalue weighted by Crippen LogP contribution is 2.47. The summed E-state index contributed by atoms with van der Waals surface area (Å²) in [6, 6.07) is -0.0182. The van der Waals surface area contributed by atoms with Crippen molar-refractivity contribution in [1.29, 1.82) is 0 Å². The van der Waals surface area contributed by atoms with E-state index in [0.29, 0.717) is 30.2 Å². The average Bonchev–Trinajstić information content (AvgIpc) is 2.73. The standard InChI is InChI=1S/C15H14BrClFN3O3S/c1-21-6-3-4-23-5-7(6)24-13-8-12(11(18)9(16)10(13)17)19-15(25(2)22)20-14(8)21/h6-7H,3-5H2,1-2H3/t6-,7-,25?/m0/s1. The highest BCUT2D eigenvalue weighted by atomic mass is 79.9. The zero-order valence-electron chi connectivity index (χ0n) is 13.4. The molecule has 1 aromatic heterocycles. The molecule has 2 aromatic rings. The van der Waals surface area contributed by atoms with Crippen LogP contribution in [0.2, 0.25) is 5.02 Å². The third-order valence-electron chi connectivity index (χ3n) is 4.52. The molecule has 0 N–H and O–H groups in total. The third kappa shape index (κ3) is 2.68. The SMILES string of the molecule is CN1c2nc([S+](C)[O-])nc3c(F)c(Br)c(Cl)c(c23)O[C@H]2COCC[C@@H]21. The first-order valence-corrected chi connectivity index (χ1v) is 10.3. The van der Waals surface area contributed by atoms with Crippen molar-refractivity contribution < 1.29 is 18.4 Å². The van der Waals surface area contributed by atoms with E-state index in [4.69, 9.17) is 21.1 Å². The summed E-state index contributed by atoms with van der Waals surface area (Å²) in [5, 5.41) is 0.579. The minimum Gasteiger partial charge on any atom is -0.609 e. The van der Waals surface area contributed by atoms with Crippen molar-refractivity contribution in [2.75, 3.05) is 31.4 Å². The van der Waals surface area contributed by atoms with E-state index in [1.807, 2.05) is 11.9 Å². The van der Waals surface area contributed by atoms with E-state index in [2.05, 4.69) is 25.9 Å². The van der Waals surface area contributed by atoms with Gasteiger partial charge in [0.2, 0.25) is 0 Å². The molecular weight excluding hydrogens is 437 g/mol. The molecule has 1 aromatic carbocycles. The van der Waals surface area contributed by atoms with Crippen molar-refractivity contribution in [3.63, 3.8) is 0 Å². The van der Waals surface area contributed by atoms with E-state index >= 15 is 0 Å². The Kier molecular flexibility index (Phi) is 4.48. The van der Waals surface area contributed by atoms with Gasteiger partial charge in [0.15, 0.2) is 11.6 Å². The molecule has 134 valence electrons. The second-order valence-electron chi connectivity index (χ2n) is 5.98. The maximum Gasteiger partial charge on any atom is 0.345 e. The molecule has 1 unspecified atom stereocenters. The van der Waals surface area contributed by atoms with Crippen LogP contribution in [0.25, 0.3) is 10.9 Å². The number of halogens is 3. The summed E-state index contributed by atoms with van der Waals surface area (Å²) in [6.45, 7) is 0.994. The molecule has 0 saturated carbocycles. The monoisotopic (exact) mass is 449 g/mol. The van der Waals surface area contributed by atoms with Crippen LogP contribution in [0.1, 0.15) is 6.42 Å². The number of likely N-dealkylation sites (N-methyl/N-ethyl adjacent to an activating group) is 1. The smallest absolute Gasteiger partial charge is 0.345 e. The number of anilines is 1. The number of hydrogen-bond donors (Lipinski definition) is 0. The second kappa shape index (κ2) is 6.38. The fourth-order valence-corrected chi connectivity index (χ4v) is 4.29. The number of aromatic nitrogens is 2. The first-order chi connectivity index (χ1) is 11.9. The van der Waals surface area contributed by atoms with E-state index in [9.17, 15) is 8.94 Å². The summed E-state index contributed by atoms with van der Waals surface area (Å²) in [5.74, 6) is 0.156. The van der Waals surface area contributed by atoms with Crippen LogP contribution in [0.4, 0.5) is 10.2 Å². The first-order valence-electron chi connectivity index (χ1n) is 7.59. The van der Waals surface area contributed by atoms with Gasteiger partial charge in [0.25, 0.3) is 0 Å². The van der Waals surface area contributed by atoms with Gasteiger partial charge in [-0.3, -0.25) is 0 Å². The van der Waals surface area contributed by atoms with Crippen LogP contribution in [0.5, 0.6) is 5.75 Å². The predicted octanol–water partition coefficient (Wildman–Crippen LogP) is 2.91. The van der Waals surface area contributed by atoms with Gasteiger partial charge in [0.05, 0.1) is 22.5 Å². The maximum atomic E-state index is 14.8. The lowest BCUT2D eigenvalue weighted by molar-refractivity contribution is -0.00455. The summed E-state index contributed by atoms with van der Waals surface area (Å²) in [7, 11) is 1.86. The van der Waals surface area contributed by atoms with Crippen LogP contribution in [0, 0.1) is 5.82 Å². The highest BCUT2D eigenvalue weighted by Gasteiger charge is 2.39. The zero-order chi connectivity index (χ0) is 17.9. The topological polar surface area (TPSA) is 70.5 Å². The van der Waals surface area contributed by atoms with Gasteiger partial charge in [-0.2, -0.15) is 9.97 Å². The number of nitrogens with zero attached hydrogens (tertiary/aromatic N) is 3.